The van der Waals surface area contributed by atoms with E-state index in [-0.39, 0.29) is 36.6 Å². The molecule has 0 aliphatic carbocycles. The van der Waals surface area contributed by atoms with Gasteiger partial charge in [0.2, 0.25) is 0 Å². The van der Waals surface area contributed by atoms with Crippen LogP contribution in [0.2, 0.25) is 0 Å². The van der Waals surface area contributed by atoms with E-state index in [4.69, 9.17) is 18.6 Å². The lowest BCUT2D eigenvalue weighted by Crippen LogP contribution is -2.41. The second-order valence-corrected chi connectivity index (χ2v) is 34.3. The van der Waals surface area contributed by atoms with Crippen molar-refractivity contribution in [1.82, 2.24) is 22.8 Å². The first-order chi connectivity index (χ1) is 57.2. The van der Waals surface area contributed by atoms with Crippen molar-refractivity contribution in [2.45, 2.75) is 77.8 Å². The normalized spacial score (nSPS) is 14.5. The quantitative estimate of drug-likeness (QED) is 0.116. The van der Waals surface area contributed by atoms with E-state index >= 15 is 0 Å². The Bertz CT molecular complexity index is 6980. The molecule has 2 fully saturated rings. The molecule has 16 heteroatoms. The van der Waals surface area contributed by atoms with Crippen LogP contribution in [-0.2, 0) is 18.6 Å². The first kappa shape index (κ1) is 77.7. The summed E-state index contributed by atoms with van der Waals surface area (Å²) in [5.74, 6) is 0. The number of rotatable bonds is 8. The molecule has 22 rings (SSSR count). The Balaban J connectivity index is 0.000000102. The molecule has 0 spiro atoms. The average Bonchev–Trinajstić information content (AvgIpc) is 1.61. The maximum absolute atomic E-state index is 9.43. The Kier molecular flexibility index (Phi) is 20.9. The van der Waals surface area contributed by atoms with Gasteiger partial charge in [0.15, 0.2) is 0 Å². The van der Waals surface area contributed by atoms with Crippen LogP contribution >= 0.6 is 38.5 Å². The average molecular weight is 1720 g/mol. The summed E-state index contributed by atoms with van der Waals surface area (Å²) in [5, 5.41) is 31.2. The Morgan fingerprint density at radius 3 is 0.924 bits per heavy atom. The van der Waals surface area contributed by atoms with E-state index in [1.165, 1.54) is 102 Å². The highest BCUT2D eigenvalue weighted by atomic mass is 127. The molecule has 0 amide bonds. The van der Waals surface area contributed by atoms with Gasteiger partial charge in [-0.05, 0) is 234 Å². The molecule has 5 aromatic heterocycles. The molecule has 578 valence electrons. The summed E-state index contributed by atoms with van der Waals surface area (Å²) in [5.41, 5.74) is 19.0. The van der Waals surface area contributed by atoms with Gasteiger partial charge >= 0.3 is 21.4 Å². The van der Waals surface area contributed by atoms with Crippen LogP contribution in [0.3, 0.4) is 0 Å². The minimum Gasteiger partial charge on any atom is -0.423 e. The fourth-order valence-electron chi connectivity index (χ4n) is 16.6. The molecular weight excluding hydrogens is 1630 g/mol. The van der Waals surface area contributed by atoms with Gasteiger partial charge in [-0.15, -0.1) is 0 Å². The first-order valence-electron chi connectivity index (χ1n) is 40.0. The summed E-state index contributed by atoms with van der Waals surface area (Å²) in [7, 11) is -2.15. The summed E-state index contributed by atoms with van der Waals surface area (Å²) < 4.78 is 38.8. The summed E-state index contributed by atoms with van der Waals surface area (Å²) >= 11 is 5.96. The molecule has 0 bridgehead atoms. The molecule has 118 heavy (non-hydrogen) atoms. The zero-order chi connectivity index (χ0) is 81.2. The van der Waals surface area contributed by atoms with E-state index in [9.17, 15) is 10.0 Å². The number of hydrogen-bond acceptors (Lipinski definition) is 6. The van der Waals surface area contributed by atoms with Crippen molar-refractivity contribution in [3.05, 3.63) is 372 Å². The standard InChI is InChI=1S/2C24H24BNO2.C18H14BNO2.C18H12BrN.C18H12IN/c1-23(2)24(3,4)28-25(27-23)17-10-9-11-18(16-17)26-21-14-7-5-12-19(21)20-13-6-8-15-22(20)26;1-23(2)24(3,4)28-25(27-23)17-13-15-18(16-14-17)26-21-11-7-5-9-19(21)20-10-6-8-12-22(20)26;21-19(22)13-10-11-18-16(12-13)15-8-4-5-9-17(15)20(18)14-6-2-1-3-7-14;19-13-10-11-16-15-8-4-5-9-17(15)20(18(16)12-13)14-6-2-1-3-7-14;19-13-10-11-18-16(12-13)15-8-4-5-9-17(15)20(18)14-6-2-1-3-7-14/h2*5-16H,1-4H3;1-12,21-22H;2*1-12H. The maximum atomic E-state index is 9.43. The monoisotopic (exact) mass is 1720 g/mol. The number of benzene rings is 15. The lowest BCUT2D eigenvalue weighted by atomic mass is 9.79. The molecule has 15 aromatic carbocycles. The molecule has 11 nitrogen and oxygen atoms in total. The van der Waals surface area contributed by atoms with E-state index < -0.39 is 7.12 Å². The van der Waals surface area contributed by atoms with E-state index in [1.807, 2.05) is 48.5 Å². The van der Waals surface area contributed by atoms with Crippen LogP contribution in [-0.4, -0.2) is 76.6 Å². The maximum Gasteiger partial charge on any atom is 0.494 e. The summed E-state index contributed by atoms with van der Waals surface area (Å²) in [6, 6.07) is 126. The van der Waals surface area contributed by atoms with Crippen molar-refractivity contribution in [3.8, 4) is 28.4 Å². The van der Waals surface area contributed by atoms with Crippen molar-refractivity contribution < 1.29 is 28.7 Å². The Hall–Kier alpha value is -11.5. The largest absolute Gasteiger partial charge is 0.494 e. The molecule has 20 aromatic rings. The topological polar surface area (TPSA) is 102 Å². The predicted octanol–water partition coefficient (Wildman–Crippen LogP) is 23.6. The second-order valence-electron chi connectivity index (χ2n) is 32.1. The Morgan fingerprint density at radius 2 is 0.542 bits per heavy atom. The molecule has 7 heterocycles. The number of fused-ring (bicyclic) bond motifs is 15. The van der Waals surface area contributed by atoms with Crippen LogP contribution in [0.15, 0.2) is 368 Å². The molecule has 2 saturated heterocycles. The molecule has 2 N–H and O–H groups in total. The zero-order valence-electron chi connectivity index (χ0n) is 66.9. The van der Waals surface area contributed by atoms with Gasteiger partial charge in [-0.2, -0.15) is 0 Å². The zero-order valence-corrected chi connectivity index (χ0v) is 70.6. The molecule has 2 aliphatic heterocycles. The Morgan fingerprint density at radius 1 is 0.254 bits per heavy atom. The third kappa shape index (κ3) is 14.4. The molecular formula is C102H86B3BrIN5O6. The van der Waals surface area contributed by atoms with Crippen LogP contribution in [0.25, 0.3) is 137 Å². The van der Waals surface area contributed by atoms with Crippen LogP contribution in [0.4, 0.5) is 0 Å². The first-order valence-corrected chi connectivity index (χ1v) is 41.9. The highest BCUT2D eigenvalue weighted by molar-refractivity contribution is 14.1. The van der Waals surface area contributed by atoms with Crippen molar-refractivity contribution in [2.24, 2.45) is 0 Å². The lowest BCUT2D eigenvalue weighted by molar-refractivity contribution is 0.00578. The van der Waals surface area contributed by atoms with Crippen molar-refractivity contribution in [3.63, 3.8) is 0 Å². The summed E-state index contributed by atoms with van der Waals surface area (Å²) in [6.07, 6.45) is 0. The number of para-hydroxylation sites is 10. The predicted molar refractivity (Wildman–Crippen MR) is 506 cm³/mol. The molecule has 0 radical (unpaired) electrons. The van der Waals surface area contributed by atoms with Crippen molar-refractivity contribution in [2.75, 3.05) is 0 Å². The highest BCUT2D eigenvalue weighted by Gasteiger charge is 2.53. The van der Waals surface area contributed by atoms with Gasteiger partial charge < -0.3 is 51.5 Å². The second kappa shape index (κ2) is 31.7. The van der Waals surface area contributed by atoms with Crippen molar-refractivity contribution in [1.29, 1.82) is 0 Å². The fourth-order valence-corrected chi connectivity index (χ4v) is 17.4. The van der Waals surface area contributed by atoms with Gasteiger partial charge in [-0.25, -0.2) is 0 Å². The van der Waals surface area contributed by atoms with Gasteiger partial charge in [0.1, 0.15) is 0 Å². The lowest BCUT2D eigenvalue weighted by Gasteiger charge is -2.32. The van der Waals surface area contributed by atoms with Crippen LogP contribution in [0.1, 0.15) is 55.4 Å². The minimum atomic E-state index is -1.46. The van der Waals surface area contributed by atoms with E-state index in [1.54, 1.807) is 6.07 Å². The van der Waals surface area contributed by atoms with E-state index in [0.29, 0.717) is 5.46 Å². The molecule has 2 aliphatic rings. The van der Waals surface area contributed by atoms with Gasteiger partial charge in [-0.3, -0.25) is 0 Å². The van der Waals surface area contributed by atoms with Gasteiger partial charge in [0, 0.05) is 90.3 Å². The number of hydrogen-bond donors (Lipinski definition) is 2. The van der Waals surface area contributed by atoms with Gasteiger partial charge in [-0.1, -0.05) is 240 Å². The SMILES string of the molecule is Brc1ccc2c3ccccc3n(-c3ccccc3)c2c1.CC1(C)OB(c2ccc(-n3c4ccccc4c4ccccc43)cc2)OC1(C)C.CC1(C)OB(c2cccc(-n3c4ccccc4c4ccccc43)c2)OC1(C)C.Ic1ccc2c(c1)c1ccccc1n2-c1ccccc1.OB(O)c1ccc2c(c1)c1ccccc1n2-c1ccccc1. The van der Waals surface area contributed by atoms with Gasteiger partial charge in [0.05, 0.1) is 77.6 Å². The minimum absolute atomic E-state index is 0.330. The van der Waals surface area contributed by atoms with Crippen LogP contribution < -0.4 is 16.4 Å². The smallest absolute Gasteiger partial charge is 0.423 e. The van der Waals surface area contributed by atoms with Gasteiger partial charge in [0.25, 0.3) is 0 Å². The Labute approximate surface area is 709 Å². The van der Waals surface area contributed by atoms with E-state index in [0.717, 1.165) is 54.3 Å². The third-order valence-corrected chi connectivity index (χ3v) is 25.0. The third-order valence-electron chi connectivity index (χ3n) is 23.8. The van der Waals surface area contributed by atoms with Crippen LogP contribution in [0, 0.1) is 3.57 Å². The summed E-state index contributed by atoms with van der Waals surface area (Å²) in [4.78, 5) is 0. The van der Waals surface area contributed by atoms with Crippen molar-refractivity contribution >= 4 is 185 Å². The number of halogens is 2. The molecule has 0 saturated carbocycles. The molecule has 0 unspecified atom stereocenters. The number of nitrogens with zero attached hydrogens (tertiary/aromatic N) is 5. The molecule has 0 atom stereocenters. The van der Waals surface area contributed by atoms with E-state index in [2.05, 4.69) is 426 Å². The summed E-state index contributed by atoms with van der Waals surface area (Å²) in [6.45, 7) is 16.7. The fraction of sp³-hybridized carbons (Fsp3) is 0.118. The van der Waals surface area contributed by atoms with Crippen LogP contribution in [0.5, 0.6) is 0 Å². The highest BCUT2D eigenvalue weighted by Crippen LogP contribution is 2.42. The number of aromatic nitrogens is 5.